The minimum Gasteiger partial charge on any atom is -0.354 e. The fourth-order valence-corrected chi connectivity index (χ4v) is 2.87. The Labute approximate surface area is 129 Å². The molecular formula is C13H16IN2O2S+. The van der Waals surface area contributed by atoms with Crippen LogP contribution in [0.15, 0.2) is 18.2 Å². The number of carbonyl (C=O) groups is 1. The Morgan fingerprint density at radius 3 is 2.95 bits per heavy atom. The number of nitrogens with zero attached hydrogens (tertiary/aromatic N) is 2. The van der Waals surface area contributed by atoms with Gasteiger partial charge in [0.1, 0.15) is 22.5 Å². The summed E-state index contributed by atoms with van der Waals surface area (Å²) in [6.45, 7) is 1.17. The van der Waals surface area contributed by atoms with Crippen LogP contribution in [0.2, 0.25) is 0 Å². The van der Waals surface area contributed by atoms with E-state index in [1.54, 1.807) is 0 Å². The molecule has 0 bridgehead atoms. The molecule has 0 amide bonds. The van der Waals surface area contributed by atoms with Crippen molar-refractivity contribution in [2.45, 2.75) is 6.73 Å². The molecule has 2 aromatic rings. The van der Waals surface area contributed by atoms with Crippen LogP contribution in [-0.2, 0) is 22.4 Å². The van der Waals surface area contributed by atoms with Gasteiger partial charge in [-0.1, -0.05) is 6.07 Å². The van der Waals surface area contributed by atoms with E-state index in [9.17, 15) is 4.79 Å². The van der Waals surface area contributed by atoms with Crippen molar-refractivity contribution < 1.29 is 9.53 Å². The van der Waals surface area contributed by atoms with E-state index >= 15 is 0 Å². The van der Waals surface area contributed by atoms with E-state index in [4.69, 9.17) is 4.74 Å². The van der Waals surface area contributed by atoms with E-state index in [1.165, 1.54) is 0 Å². The summed E-state index contributed by atoms with van der Waals surface area (Å²) in [6.07, 6.45) is 5.25. The Bertz CT molecular complexity index is 583. The van der Waals surface area contributed by atoms with Gasteiger partial charge in [0.2, 0.25) is 0 Å². The molecule has 0 saturated carbocycles. The lowest BCUT2D eigenvalue weighted by molar-refractivity contribution is 0.0838. The van der Waals surface area contributed by atoms with Crippen molar-refractivity contribution in [3.63, 3.8) is 0 Å². The van der Waals surface area contributed by atoms with E-state index in [1.807, 2.05) is 22.9 Å². The fraction of sp³-hybridized carbons (Fsp3) is 0.385. The molecule has 102 valence electrons. The first-order valence-electron chi connectivity index (χ1n) is 5.85. The largest absolute Gasteiger partial charge is 0.354 e. The van der Waals surface area contributed by atoms with Gasteiger partial charge in [0, 0.05) is 10.9 Å². The highest BCUT2D eigenvalue weighted by Gasteiger charge is 2.09. The molecule has 0 unspecified atom stereocenters. The average molecular weight is 391 g/mol. The first-order chi connectivity index (χ1) is 9.11. The third kappa shape index (κ3) is 3.70. The zero-order valence-electron chi connectivity index (χ0n) is 10.9. The third-order valence-electron chi connectivity index (χ3n) is 2.72. The summed E-state index contributed by atoms with van der Waals surface area (Å²) < 4.78 is 8.38. The smallest absolute Gasteiger partial charge is 0.150 e. The minimum atomic E-state index is 0.397. The highest BCUT2D eigenvalue weighted by molar-refractivity contribution is 14.1. The van der Waals surface area contributed by atoms with Crippen molar-refractivity contribution in [2.75, 3.05) is 24.9 Å². The lowest BCUT2D eigenvalue weighted by Crippen LogP contribution is -2.12. The lowest BCUT2D eigenvalue weighted by Gasteiger charge is -2.04. The highest BCUT2D eigenvalue weighted by Crippen LogP contribution is 2.21. The van der Waals surface area contributed by atoms with Crippen molar-refractivity contribution in [1.29, 1.82) is 0 Å². The SMILES string of the molecule is C[S+](C)CCOCn1nc(I)c2ccc(C=O)cc21. The maximum atomic E-state index is 10.8. The minimum absolute atomic E-state index is 0.397. The summed E-state index contributed by atoms with van der Waals surface area (Å²) in [5, 5.41) is 5.50. The van der Waals surface area contributed by atoms with E-state index in [0.29, 0.717) is 23.2 Å². The molecule has 0 radical (unpaired) electrons. The summed E-state index contributed by atoms with van der Waals surface area (Å²) in [6, 6.07) is 5.59. The molecule has 0 aliphatic carbocycles. The maximum Gasteiger partial charge on any atom is 0.150 e. The maximum absolute atomic E-state index is 10.8. The molecule has 0 N–H and O–H groups in total. The number of aldehydes is 1. The molecule has 0 spiro atoms. The quantitative estimate of drug-likeness (QED) is 0.329. The number of fused-ring (bicyclic) bond motifs is 1. The van der Waals surface area contributed by atoms with E-state index in [2.05, 4.69) is 40.2 Å². The van der Waals surface area contributed by atoms with Crippen LogP contribution in [0, 0.1) is 3.70 Å². The van der Waals surface area contributed by atoms with Crippen molar-refractivity contribution in [3.8, 4) is 0 Å². The van der Waals surface area contributed by atoms with Gasteiger partial charge in [0.05, 0.1) is 24.6 Å². The molecule has 2 rings (SSSR count). The van der Waals surface area contributed by atoms with Crippen LogP contribution < -0.4 is 0 Å². The second-order valence-corrected chi connectivity index (χ2v) is 7.81. The van der Waals surface area contributed by atoms with Crippen LogP contribution in [0.4, 0.5) is 0 Å². The lowest BCUT2D eigenvalue weighted by atomic mass is 10.2. The summed E-state index contributed by atoms with van der Waals surface area (Å²) in [4.78, 5) is 10.8. The number of halogens is 1. The van der Waals surface area contributed by atoms with Gasteiger partial charge in [-0.2, -0.15) is 5.10 Å². The molecular weight excluding hydrogens is 375 g/mol. The molecule has 1 heterocycles. The number of benzene rings is 1. The zero-order chi connectivity index (χ0) is 13.8. The first kappa shape index (κ1) is 14.8. The second-order valence-electron chi connectivity index (χ2n) is 4.41. The monoisotopic (exact) mass is 391 g/mol. The molecule has 0 fully saturated rings. The molecule has 0 atom stereocenters. The predicted octanol–water partition coefficient (Wildman–Crippen LogP) is 2.31. The number of aromatic nitrogens is 2. The highest BCUT2D eigenvalue weighted by atomic mass is 127. The number of ether oxygens (including phenoxy) is 1. The van der Waals surface area contributed by atoms with Crippen molar-refractivity contribution in [3.05, 3.63) is 27.5 Å². The molecule has 4 nitrogen and oxygen atoms in total. The van der Waals surface area contributed by atoms with Crippen LogP contribution in [0.1, 0.15) is 10.4 Å². The van der Waals surface area contributed by atoms with Crippen LogP contribution in [0.25, 0.3) is 10.9 Å². The van der Waals surface area contributed by atoms with Crippen molar-refractivity contribution in [1.82, 2.24) is 9.78 Å². The van der Waals surface area contributed by atoms with Crippen LogP contribution in [0.5, 0.6) is 0 Å². The van der Waals surface area contributed by atoms with Gasteiger partial charge >= 0.3 is 0 Å². The summed E-state index contributed by atoms with van der Waals surface area (Å²) in [5.41, 5.74) is 1.61. The second kappa shape index (κ2) is 6.71. The number of hydrogen-bond donors (Lipinski definition) is 0. The van der Waals surface area contributed by atoms with Gasteiger partial charge in [-0.15, -0.1) is 0 Å². The number of rotatable bonds is 6. The van der Waals surface area contributed by atoms with Gasteiger partial charge in [-0.25, -0.2) is 4.68 Å². The summed E-state index contributed by atoms with van der Waals surface area (Å²) in [5.74, 6) is 1.07. The molecule has 1 aromatic carbocycles. The van der Waals surface area contributed by atoms with Crippen molar-refractivity contribution in [2.24, 2.45) is 0 Å². The normalized spacial score (nSPS) is 11.4. The van der Waals surface area contributed by atoms with Gasteiger partial charge in [0.25, 0.3) is 0 Å². The Hall–Kier alpha value is -0.600. The zero-order valence-corrected chi connectivity index (χ0v) is 13.9. The third-order valence-corrected chi connectivity index (χ3v) is 4.50. The fourth-order valence-electron chi connectivity index (χ4n) is 1.70. The van der Waals surface area contributed by atoms with E-state index in [0.717, 1.165) is 33.2 Å². The summed E-state index contributed by atoms with van der Waals surface area (Å²) >= 11 is 2.20. The van der Waals surface area contributed by atoms with Gasteiger partial charge in [0.15, 0.2) is 0 Å². The van der Waals surface area contributed by atoms with Crippen LogP contribution >= 0.6 is 22.6 Å². The Morgan fingerprint density at radius 1 is 1.47 bits per heavy atom. The standard InChI is InChI=1S/C13H16IN2O2S/c1-19(2)6-5-18-9-16-12-7-10(8-17)3-4-11(12)13(14)15-16/h3-4,7-8H,5-6,9H2,1-2H3/q+1. The van der Waals surface area contributed by atoms with Gasteiger partial charge in [-0.3, -0.25) is 4.79 Å². The Balaban J connectivity index is 2.15. The predicted molar refractivity (Wildman–Crippen MR) is 87.9 cm³/mol. The first-order valence-corrected chi connectivity index (χ1v) is 9.14. The van der Waals surface area contributed by atoms with Crippen LogP contribution in [-0.4, -0.2) is 40.9 Å². The molecule has 19 heavy (non-hydrogen) atoms. The summed E-state index contributed by atoms with van der Waals surface area (Å²) in [7, 11) is 0.397. The Morgan fingerprint density at radius 2 is 2.26 bits per heavy atom. The number of carbonyl (C=O) groups excluding carboxylic acids is 1. The molecule has 0 saturated heterocycles. The van der Waals surface area contributed by atoms with Gasteiger partial charge in [-0.05, 0) is 45.6 Å². The Kier molecular flexibility index (Phi) is 5.23. The van der Waals surface area contributed by atoms with Crippen LogP contribution in [0.3, 0.4) is 0 Å². The molecule has 1 aromatic heterocycles. The average Bonchev–Trinajstić information content (AvgIpc) is 2.71. The number of hydrogen-bond acceptors (Lipinski definition) is 3. The van der Waals surface area contributed by atoms with Crippen molar-refractivity contribution >= 4 is 50.7 Å². The molecule has 0 aliphatic heterocycles. The van der Waals surface area contributed by atoms with E-state index in [-0.39, 0.29) is 0 Å². The molecule has 0 aliphatic rings. The topological polar surface area (TPSA) is 44.1 Å². The van der Waals surface area contributed by atoms with E-state index < -0.39 is 0 Å². The molecule has 6 heteroatoms. The van der Waals surface area contributed by atoms with Gasteiger partial charge < -0.3 is 4.74 Å².